The van der Waals surface area contributed by atoms with Gasteiger partial charge in [-0.2, -0.15) is 0 Å². The summed E-state index contributed by atoms with van der Waals surface area (Å²) in [6.07, 6.45) is 1.89. The zero-order valence-corrected chi connectivity index (χ0v) is 11.4. The number of hydrogen-bond donors (Lipinski definition) is 3. The predicted molar refractivity (Wildman–Crippen MR) is 72.5 cm³/mol. The summed E-state index contributed by atoms with van der Waals surface area (Å²) in [6.45, 7) is 2.97. The fraction of sp³-hybridized carbons (Fsp3) is 0.500. The van der Waals surface area contributed by atoms with Crippen molar-refractivity contribution in [3.05, 3.63) is 22.4 Å². The average Bonchev–Trinajstić information content (AvgIpc) is 2.30. The Morgan fingerprint density at radius 1 is 1.53 bits per heavy atom. The van der Waals surface area contributed by atoms with E-state index in [9.17, 15) is 4.39 Å². The SMILES string of the molecule is CC(CO)CCCNc1cc(Br)c(F)cc1N. The monoisotopic (exact) mass is 304 g/mol. The molecule has 1 atom stereocenters. The predicted octanol–water partition coefficient (Wildman–Crippen LogP) is 2.99. The third-order valence-corrected chi connectivity index (χ3v) is 3.20. The lowest BCUT2D eigenvalue weighted by Crippen LogP contribution is -2.08. The second-order valence-corrected chi connectivity index (χ2v) is 5.06. The van der Waals surface area contributed by atoms with E-state index in [2.05, 4.69) is 21.2 Å². The summed E-state index contributed by atoms with van der Waals surface area (Å²) in [5.74, 6) is -0.0453. The van der Waals surface area contributed by atoms with Gasteiger partial charge in [0.2, 0.25) is 0 Å². The Morgan fingerprint density at radius 2 is 2.24 bits per heavy atom. The second-order valence-electron chi connectivity index (χ2n) is 4.21. The van der Waals surface area contributed by atoms with E-state index in [1.165, 1.54) is 6.07 Å². The van der Waals surface area contributed by atoms with Gasteiger partial charge in [-0.25, -0.2) is 4.39 Å². The third kappa shape index (κ3) is 4.52. The third-order valence-electron chi connectivity index (χ3n) is 2.59. The van der Waals surface area contributed by atoms with Crippen molar-refractivity contribution in [1.82, 2.24) is 0 Å². The Kier molecular flexibility index (Phi) is 5.71. The first-order chi connectivity index (χ1) is 8.04. The molecule has 0 aliphatic rings. The maximum atomic E-state index is 13.1. The Bertz CT molecular complexity index is 374. The van der Waals surface area contributed by atoms with Crippen LogP contribution in [0.25, 0.3) is 0 Å². The van der Waals surface area contributed by atoms with Gasteiger partial charge in [-0.05, 0) is 40.8 Å². The second kappa shape index (κ2) is 6.81. The first-order valence-electron chi connectivity index (χ1n) is 5.63. The highest BCUT2D eigenvalue weighted by Gasteiger charge is 2.05. The van der Waals surface area contributed by atoms with Gasteiger partial charge in [-0.3, -0.25) is 0 Å². The number of anilines is 2. The zero-order chi connectivity index (χ0) is 12.8. The van der Waals surface area contributed by atoms with Gasteiger partial charge < -0.3 is 16.2 Å². The molecule has 0 amide bonds. The fourth-order valence-electron chi connectivity index (χ4n) is 1.48. The lowest BCUT2D eigenvalue weighted by molar-refractivity contribution is 0.229. The molecular weight excluding hydrogens is 287 g/mol. The molecule has 0 spiro atoms. The molecule has 1 aromatic rings. The van der Waals surface area contributed by atoms with Gasteiger partial charge in [0.15, 0.2) is 0 Å². The zero-order valence-electron chi connectivity index (χ0n) is 9.84. The molecule has 1 unspecified atom stereocenters. The number of hydrogen-bond acceptors (Lipinski definition) is 3. The van der Waals surface area contributed by atoms with Crippen LogP contribution in [-0.4, -0.2) is 18.3 Å². The quantitative estimate of drug-likeness (QED) is 0.559. The molecule has 5 heteroatoms. The van der Waals surface area contributed by atoms with Crippen molar-refractivity contribution < 1.29 is 9.50 Å². The van der Waals surface area contributed by atoms with Crippen molar-refractivity contribution in [3.8, 4) is 0 Å². The molecule has 0 fully saturated rings. The minimum absolute atomic E-state index is 0.213. The molecule has 0 bridgehead atoms. The fourth-order valence-corrected chi connectivity index (χ4v) is 1.82. The highest BCUT2D eigenvalue weighted by Crippen LogP contribution is 2.26. The summed E-state index contributed by atoms with van der Waals surface area (Å²) in [5, 5.41) is 12.0. The van der Waals surface area contributed by atoms with E-state index in [4.69, 9.17) is 10.8 Å². The van der Waals surface area contributed by atoms with Crippen LogP contribution in [0.15, 0.2) is 16.6 Å². The minimum atomic E-state index is -0.359. The summed E-state index contributed by atoms with van der Waals surface area (Å²) in [7, 11) is 0. The molecule has 17 heavy (non-hydrogen) atoms. The number of rotatable bonds is 6. The number of halogens is 2. The van der Waals surface area contributed by atoms with E-state index in [1.54, 1.807) is 6.07 Å². The van der Waals surface area contributed by atoms with Gasteiger partial charge in [0.05, 0.1) is 15.8 Å². The molecular formula is C12H18BrFN2O. The average molecular weight is 305 g/mol. The summed E-state index contributed by atoms with van der Waals surface area (Å²) in [5.41, 5.74) is 6.83. The Morgan fingerprint density at radius 3 is 2.88 bits per heavy atom. The number of nitrogen functional groups attached to an aromatic ring is 1. The van der Waals surface area contributed by atoms with Crippen molar-refractivity contribution in [3.63, 3.8) is 0 Å². The van der Waals surface area contributed by atoms with Gasteiger partial charge in [0.25, 0.3) is 0 Å². The molecule has 0 aliphatic carbocycles. The summed E-state index contributed by atoms with van der Waals surface area (Å²) < 4.78 is 13.5. The standard InChI is InChI=1S/C12H18BrFN2O/c1-8(7-17)3-2-4-16-12-5-9(13)10(14)6-11(12)15/h5-6,8,16-17H,2-4,7,15H2,1H3. The largest absolute Gasteiger partial charge is 0.397 e. The molecule has 0 heterocycles. The van der Waals surface area contributed by atoms with Crippen LogP contribution < -0.4 is 11.1 Å². The lowest BCUT2D eigenvalue weighted by Gasteiger charge is -2.11. The van der Waals surface area contributed by atoms with Crippen LogP contribution in [0.1, 0.15) is 19.8 Å². The molecule has 4 N–H and O–H groups in total. The number of aliphatic hydroxyl groups excluding tert-OH is 1. The van der Waals surface area contributed by atoms with E-state index in [1.807, 2.05) is 6.92 Å². The topological polar surface area (TPSA) is 58.3 Å². The molecule has 96 valence electrons. The Hall–Kier alpha value is -0.810. The summed E-state index contributed by atoms with van der Waals surface area (Å²) in [6, 6.07) is 2.93. The smallest absolute Gasteiger partial charge is 0.139 e. The van der Waals surface area contributed by atoms with E-state index < -0.39 is 0 Å². The van der Waals surface area contributed by atoms with E-state index >= 15 is 0 Å². The van der Waals surface area contributed by atoms with E-state index in [0.29, 0.717) is 16.1 Å². The Balaban J connectivity index is 2.44. The first kappa shape index (κ1) is 14.3. The van der Waals surface area contributed by atoms with Gasteiger partial charge in [0.1, 0.15) is 5.82 Å². The molecule has 0 aromatic heterocycles. The van der Waals surface area contributed by atoms with Gasteiger partial charge >= 0.3 is 0 Å². The molecule has 3 nitrogen and oxygen atoms in total. The molecule has 0 radical (unpaired) electrons. The van der Waals surface area contributed by atoms with Crippen LogP contribution in [0.5, 0.6) is 0 Å². The first-order valence-corrected chi connectivity index (χ1v) is 6.43. The molecule has 0 aliphatic heterocycles. The van der Waals surface area contributed by atoms with Crippen LogP contribution >= 0.6 is 15.9 Å². The lowest BCUT2D eigenvalue weighted by atomic mass is 10.1. The van der Waals surface area contributed by atoms with Crippen LogP contribution in [-0.2, 0) is 0 Å². The van der Waals surface area contributed by atoms with Crippen LogP contribution in [0.3, 0.4) is 0 Å². The summed E-state index contributed by atoms with van der Waals surface area (Å²) >= 11 is 3.12. The van der Waals surface area contributed by atoms with Crippen molar-refractivity contribution in [2.75, 3.05) is 24.2 Å². The van der Waals surface area contributed by atoms with E-state index in [-0.39, 0.29) is 12.4 Å². The molecule has 1 rings (SSSR count). The number of aliphatic hydroxyl groups is 1. The number of nitrogens with one attached hydrogen (secondary N) is 1. The Labute approximate surface area is 109 Å². The maximum absolute atomic E-state index is 13.1. The molecule has 0 saturated heterocycles. The minimum Gasteiger partial charge on any atom is -0.397 e. The van der Waals surface area contributed by atoms with E-state index in [0.717, 1.165) is 25.1 Å². The van der Waals surface area contributed by atoms with Crippen molar-refractivity contribution >= 4 is 27.3 Å². The van der Waals surface area contributed by atoms with Crippen molar-refractivity contribution in [2.24, 2.45) is 5.92 Å². The van der Waals surface area contributed by atoms with Gasteiger partial charge in [-0.15, -0.1) is 0 Å². The summed E-state index contributed by atoms with van der Waals surface area (Å²) in [4.78, 5) is 0. The maximum Gasteiger partial charge on any atom is 0.139 e. The van der Waals surface area contributed by atoms with Crippen molar-refractivity contribution in [2.45, 2.75) is 19.8 Å². The van der Waals surface area contributed by atoms with Crippen LogP contribution in [0.4, 0.5) is 15.8 Å². The molecule has 1 aromatic carbocycles. The van der Waals surface area contributed by atoms with Gasteiger partial charge in [0, 0.05) is 19.2 Å². The number of benzene rings is 1. The highest BCUT2D eigenvalue weighted by molar-refractivity contribution is 9.10. The normalized spacial score (nSPS) is 12.5. The van der Waals surface area contributed by atoms with Gasteiger partial charge in [-0.1, -0.05) is 6.92 Å². The number of nitrogens with two attached hydrogens (primary N) is 1. The molecule has 0 saturated carbocycles. The highest BCUT2D eigenvalue weighted by atomic mass is 79.9. The van der Waals surface area contributed by atoms with Crippen LogP contribution in [0.2, 0.25) is 0 Å². The van der Waals surface area contributed by atoms with Crippen molar-refractivity contribution in [1.29, 1.82) is 0 Å². The van der Waals surface area contributed by atoms with Crippen LogP contribution in [0, 0.1) is 11.7 Å².